The summed E-state index contributed by atoms with van der Waals surface area (Å²) in [6, 6.07) is 20.2. The third-order valence-corrected chi connectivity index (χ3v) is 5.41. The first-order valence-electron chi connectivity index (χ1n) is 10.1. The standard InChI is InChI=1S/C24H19F2N5O/c1-27-22-10-8-17(13-28-22)16-7-9-18-20(11-16)31-23(30(24(18)32)14-21(25)26)12-19(29-31)15-5-3-2-4-6-15/h2-13,21H,14H2,1H3,(H,27,28). The molecule has 0 unspecified atom stereocenters. The van der Waals surface area contributed by atoms with Crippen LogP contribution in [0.3, 0.4) is 0 Å². The van der Waals surface area contributed by atoms with Crippen molar-refractivity contribution in [3.63, 3.8) is 0 Å². The maximum atomic E-state index is 13.3. The van der Waals surface area contributed by atoms with Crippen LogP contribution in [0.25, 0.3) is 38.9 Å². The molecule has 5 aromatic rings. The zero-order valence-electron chi connectivity index (χ0n) is 17.2. The topological polar surface area (TPSA) is 64.2 Å². The highest BCUT2D eigenvalue weighted by atomic mass is 19.3. The van der Waals surface area contributed by atoms with E-state index in [1.807, 2.05) is 48.5 Å². The van der Waals surface area contributed by atoms with Crippen LogP contribution in [-0.2, 0) is 6.54 Å². The summed E-state index contributed by atoms with van der Waals surface area (Å²) in [4.78, 5) is 17.5. The van der Waals surface area contributed by atoms with Gasteiger partial charge in [-0.25, -0.2) is 18.3 Å². The van der Waals surface area contributed by atoms with Gasteiger partial charge in [-0.05, 0) is 29.8 Å². The second kappa shape index (κ2) is 7.88. The average Bonchev–Trinajstić information content (AvgIpc) is 3.27. The predicted octanol–water partition coefficient (Wildman–Crippen LogP) is 4.69. The van der Waals surface area contributed by atoms with Crippen LogP contribution in [0.15, 0.2) is 77.7 Å². The lowest BCUT2D eigenvalue weighted by molar-refractivity contribution is 0.126. The van der Waals surface area contributed by atoms with Gasteiger partial charge in [0.1, 0.15) is 11.5 Å². The molecule has 0 saturated heterocycles. The molecule has 2 aromatic carbocycles. The molecule has 0 aliphatic rings. The molecule has 160 valence electrons. The van der Waals surface area contributed by atoms with E-state index in [0.717, 1.165) is 27.1 Å². The second-order valence-corrected chi connectivity index (χ2v) is 7.39. The summed E-state index contributed by atoms with van der Waals surface area (Å²) < 4.78 is 29.3. The quantitative estimate of drug-likeness (QED) is 0.439. The van der Waals surface area contributed by atoms with E-state index in [-0.39, 0.29) is 0 Å². The summed E-state index contributed by atoms with van der Waals surface area (Å²) in [6.07, 6.45) is -0.930. The molecule has 32 heavy (non-hydrogen) atoms. The fourth-order valence-electron chi connectivity index (χ4n) is 3.83. The number of fused-ring (bicyclic) bond motifs is 3. The van der Waals surface area contributed by atoms with Crippen molar-refractivity contribution in [3.05, 3.63) is 83.3 Å². The molecule has 3 heterocycles. The van der Waals surface area contributed by atoms with E-state index in [2.05, 4.69) is 15.4 Å². The van der Waals surface area contributed by atoms with E-state index in [0.29, 0.717) is 22.2 Å². The fraction of sp³-hybridized carbons (Fsp3) is 0.125. The zero-order chi connectivity index (χ0) is 22.2. The van der Waals surface area contributed by atoms with Crippen LogP contribution in [0.5, 0.6) is 0 Å². The van der Waals surface area contributed by atoms with Gasteiger partial charge >= 0.3 is 0 Å². The van der Waals surface area contributed by atoms with Crippen molar-refractivity contribution in [2.45, 2.75) is 13.0 Å². The first-order chi connectivity index (χ1) is 15.5. The van der Waals surface area contributed by atoms with E-state index in [1.165, 1.54) is 0 Å². The molecule has 0 saturated carbocycles. The predicted molar refractivity (Wildman–Crippen MR) is 121 cm³/mol. The Morgan fingerprint density at radius 1 is 0.969 bits per heavy atom. The van der Waals surface area contributed by atoms with E-state index in [9.17, 15) is 13.6 Å². The Morgan fingerprint density at radius 3 is 2.44 bits per heavy atom. The highest BCUT2D eigenvalue weighted by molar-refractivity contribution is 5.86. The second-order valence-electron chi connectivity index (χ2n) is 7.39. The molecule has 0 fully saturated rings. The van der Waals surface area contributed by atoms with Gasteiger partial charge in [0.15, 0.2) is 0 Å². The lowest BCUT2D eigenvalue weighted by Gasteiger charge is -2.11. The van der Waals surface area contributed by atoms with Crippen LogP contribution < -0.4 is 10.9 Å². The summed E-state index contributed by atoms with van der Waals surface area (Å²) in [7, 11) is 1.79. The zero-order valence-corrected chi connectivity index (χ0v) is 17.2. The SMILES string of the molecule is CNc1ccc(-c2ccc3c(=O)n(CC(F)F)c4cc(-c5ccccc5)nn4c3c2)cn1. The van der Waals surface area contributed by atoms with Crippen molar-refractivity contribution in [1.82, 2.24) is 19.2 Å². The minimum atomic E-state index is -2.67. The number of benzene rings is 2. The van der Waals surface area contributed by atoms with Crippen LogP contribution >= 0.6 is 0 Å². The van der Waals surface area contributed by atoms with Crippen molar-refractivity contribution >= 4 is 22.4 Å². The van der Waals surface area contributed by atoms with Crippen LogP contribution in [0, 0.1) is 0 Å². The lowest BCUT2D eigenvalue weighted by atomic mass is 10.1. The molecule has 0 aliphatic carbocycles. The summed E-state index contributed by atoms with van der Waals surface area (Å²) in [5, 5.41) is 7.97. The van der Waals surface area contributed by atoms with Crippen LogP contribution in [-0.4, -0.2) is 32.6 Å². The van der Waals surface area contributed by atoms with E-state index in [4.69, 9.17) is 0 Å². The smallest absolute Gasteiger partial charge is 0.261 e. The summed E-state index contributed by atoms with van der Waals surface area (Å²) in [5.74, 6) is 0.742. The van der Waals surface area contributed by atoms with E-state index >= 15 is 0 Å². The molecule has 0 aliphatic heterocycles. The Bertz CT molecular complexity index is 1470. The minimum Gasteiger partial charge on any atom is -0.373 e. The van der Waals surface area contributed by atoms with Gasteiger partial charge in [0, 0.05) is 30.4 Å². The Labute approximate surface area is 181 Å². The maximum Gasteiger partial charge on any atom is 0.261 e. The largest absolute Gasteiger partial charge is 0.373 e. The number of nitrogens with zero attached hydrogens (tertiary/aromatic N) is 4. The molecular formula is C24H19F2N5O. The molecule has 3 aromatic heterocycles. The number of rotatable bonds is 5. The third-order valence-electron chi connectivity index (χ3n) is 5.41. The molecule has 1 N–H and O–H groups in total. The number of hydrogen-bond donors (Lipinski definition) is 1. The Morgan fingerprint density at radius 2 is 1.75 bits per heavy atom. The number of aromatic nitrogens is 4. The van der Waals surface area contributed by atoms with Crippen molar-refractivity contribution in [2.75, 3.05) is 12.4 Å². The first-order valence-corrected chi connectivity index (χ1v) is 10.1. The monoisotopic (exact) mass is 431 g/mol. The number of halogens is 2. The van der Waals surface area contributed by atoms with Gasteiger partial charge in [0.2, 0.25) is 0 Å². The van der Waals surface area contributed by atoms with Crippen LogP contribution in [0.1, 0.15) is 0 Å². The van der Waals surface area contributed by atoms with Gasteiger partial charge in [-0.2, -0.15) is 5.10 Å². The van der Waals surface area contributed by atoms with Gasteiger partial charge in [-0.15, -0.1) is 0 Å². The van der Waals surface area contributed by atoms with Crippen molar-refractivity contribution in [1.29, 1.82) is 0 Å². The van der Waals surface area contributed by atoms with Crippen molar-refractivity contribution in [3.8, 4) is 22.4 Å². The molecule has 0 amide bonds. The normalized spacial score (nSPS) is 11.5. The number of hydrogen-bond acceptors (Lipinski definition) is 4. The van der Waals surface area contributed by atoms with Crippen molar-refractivity contribution < 1.29 is 8.78 Å². The highest BCUT2D eigenvalue weighted by Gasteiger charge is 2.18. The van der Waals surface area contributed by atoms with Crippen LogP contribution in [0.2, 0.25) is 0 Å². The highest BCUT2D eigenvalue weighted by Crippen LogP contribution is 2.26. The molecule has 0 radical (unpaired) electrons. The summed E-state index contributed by atoms with van der Waals surface area (Å²) >= 11 is 0. The van der Waals surface area contributed by atoms with Gasteiger partial charge in [0.25, 0.3) is 12.0 Å². The Hall–Kier alpha value is -4.07. The molecular weight excluding hydrogens is 412 g/mol. The fourth-order valence-corrected chi connectivity index (χ4v) is 3.83. The maximum absolute atomic E-state index is 13.3. The van der Waals surface area contributed by atoms with Gasteiger partial charge in [-0.3, -0.25) is 9.36 Å². The van der Waals surface area contributed by atoms with Crippen LogP contribution in [0.4, 0.5) is 14.6 Å². The number of nitrogens with one attached hydrogen (secondary N) is 1. The van der Waals surface area contributed by atoms with Gasteiger partial charge in [0.05, 0.1) is 23.1 Å². The van der Waals surface area contributed by atoms with Gasteiger partial charge in [-0.1, -0.05) is 36.4 Å². The molecule has 8 heteroatoms. The number of pyridine rings is 1. The number of alkyl halides is 2. The van der Waals surface area contributed by atoms with E-state index in [1.54, 1.807) is 36.0 Å². The van der Waals surface area contributed by atoms with Gasteiger partial charge < -0.3 is 5.32 Å². The third kappa shape index (κ3) is 3.39. The lowest BCUT2D eigenvalue weighted by Crippen LogP contribution is -2.25. The Balaban J connectivity index is 1.78. The molecule has 0 atom stereocenters. The molecule has 0 bridgehead atoms. The minimum absolute atomic E-state index is 0.322. The molecule has 6 nitrogen and oxygen atoms in total. The number of anilines is 1. The molecule has 5 rings (SSSR count). The average molecular weight is 431 g/mol. The van der Waals surface area contributed by atoms with Crippen molar-refractivity contribution in [2.24, 2.45) is 0 Å². The first kappa shape index (κ1) is 19.9. The molecule has 0 spiro atoms. The summed E-state index contributed by atoms with van der Waals surface area (Å²) in [6.45, 7) is -0.699. The summed E-state index contributed by atoms with van der Waals surface area (Å²) in [5.41, 5.74) is 3.55. The Kier molecular flexibility index (Phi) is 4.89. The van der Waals surface area contributed by atoms with E-state index < -0.39 is 18.5 Å².